The lowest BCUT2D eigenvalue weighted by atomic mass is 10.2. The van der Waals surface area contributed by atoms with Crippen LogP contribution in [0, 0.1) is 0 Å². The molecule has 0 saturated carbocycles. The number of alkyl halides is 4. The van der Waals surface area contributed by atoms with Gasteiger partial charge in [0.15, 0.2) is 0 Å². The summed E-state index contributed by atoms with van der Waals surface area (Å²) in [5.41, 5.74) is 1.03. The first-order valence-corrected chi connectivity index (χ1v) is 7.23. The maximum atomic E-state index is 12.7. The first-order chi connectivity index (χ1) is 8.99. The molecule has 0 atom stereocenters. The van der Waals surface area contributed by atoms with Crippen molar-refractivity contribution in [2.75, 3.05) is 6.54 Å². The van der Waals surface area contributed by atoms with E-state index >= 15 is 0 Å². The second-order valence-electron chi connectivity index (χ2n) is 3.94. The van der Waals surface area contributed by atoms with Gasteiger partial charge in [-0.25, -0.2) is 8.78 Å². The number of halogens is 4. The average molecular weight is 309 g/mol. The highest BCUT2D eigenvalue weighted by atomic mass is 32.1. The molecule has 0 fully saturated rings. The molecular weight excluding hydrogens is 298 g/mol. The number of hydrogen-bond acceptors (Lipinski definition) is 3. The van der Waals surface area contributed by atoms with Crippen molar-refractivity contribution >= 4 is 22.7 Å². The van der Waals surface area contributed by atoms with Gasteiger partial charge in [0.05, 0.1) is 6.54 Å². The molecule has 104 valence electrons. The zero-order valence-electron chi connectivity index (χ0n) is 9.71. The summed E-state index contributed by atoms with van der Waals surface area (Å²) in [7, 11) is 0. The maximum absolute atomic E-state index is 12.7. The van der Waals surface area contributed by atoms with Crippen LogP contribution in [0.25, 0.3) is 10.4 Å². The molecule has 0 aliphatic rings. The Kier molecular flexibility index (Phi) is 4.59. The van der Waals surface area contributed by atoms with Crippen LogP contribution in [0.5, 0.6) is 0 Å². The maximum Gasteiger partial charge on any atom is 0.319 e. The zero-order valence-corrected chi connectivity index (χ0v) is 11.3. The SMILES string of the molecule is FC(F)C(F)(F)CNCc1cc(-c2cccs2)cs1. The van der Waals surface area contributed by atoms with Crippen LogP contribution < -0.4 is 5.32 Å². The lowest BCUT2D eigenvalue weighted by Crippen LogP contribution is -2.38. The number of rotatable bonds is 6. The van der Waals surface area contributed by atoms with E-state index in [2.05, 4.69) is 5.32 Å². The highest BCUT2D eigenvalue weighted by molar-refractivity contribution is 7.14. The second kappa shape index (κ2) is 6.02. The van der Waals surface area contributed by atoms with Gasteiger partial charge in [-0.2, -0.15) is 8.78 Å². The van der Waals surface area contributed by atoms with Gasteiger partial charge in [-0.3, -0.25) is 0 Å². The fraction of sp³-hybridized carbons (Fsp3) is 0.333. The molecule has 2 heterocycles. The molecule has 1 nitrogen and oxygen atoms in total. The van der Waals surface area contributed by atoms with Crippen molar-refractivity contribution in [1.82, 2.24) is 5.32 Å². The summed E-state index contributed by atoms with van der Waals surface area (Å²) >= 11 is 3.01. The van der Waals surface area contributed by atoms with Gasteiger partial charge in [-0.15, -0.1) is 22.7 Å². The number of thiophene rings is 2. The largest absolute Gasteiger partial charge is 0.319 e. The van der Waals surface area contributed by atoms with Gasteiger partial charge >= 0.3 is 12.3 Å². The van der Waals surface area contributed by atoms with E-state index in [0.29, 0.717) is 0 Å². The molecule has 0 spiro atoms. The minimum Gasteiger partial charge on any atom is -0.306 e. The van der Waals surface area contributed by atoms with Crippen LogP contribution in [-0.2, 0) is 6.54 Å². The molecule has 2 rings (SSSR count). The molecule has 2 aromatic rings. The van der Waals surface area contributed by atoms with Crippen molar-refractivity contribution in [3.63, 3.8) is 0 Å². The van der Waals surface area contributed by atoms with Crippen LogP contribution in [-0.4, -0.2) is 18.9 Å². The molecule has 2 aromatic heterocycles. The van der Waals surface area contributed by atoms with E-state index in [-0.39, 0.29) is 6.54 Å². The second-order valence-corrected chi connectivity index (χ2v) is 5.89. The summed E-state index contributed by atoms with van der Waals surface area (Å²) in [6.45, 7) is -0.852. The van der Waals surface area contributed by atoms with Crippen LogP contribution in [0.2, 0.25) is 0 Å². The monoisotopic (exact) mass is 309 g/mol. The zero-order chi connectivity index (χ0) is 13.9. The van der Waals surface area contributed by atoms with Gasteiger partial charge in [-0.1, -0.05) is 6.07 Å². The molecule has 1 N–H and O–H groups in total. The Morgan fingerprint density at radius 3 is 2.68 bits per heavy atom. The molecule has 0 radical (unpaired) electrons. The van der Waals surface area contributed by atoms with Gasteiger partial charge in [-0.05, 0) is 22.9 Å². The van der Waals surface area contributed by atoms with Crippen molar-refractivity contribution < 1.29 is 17.6 Å². The van der Waals surface area contributed by atoms with Crippen LogP contribution in [0.1, 0.15) is 4.88 Å². The Hall–Kier alpha value is -0.920. The Morgan fingerprint density at radius 2 is 2.05 bits per heavy atom. The van der Waals surface area contributed by atoms with Crippen molar-refractivity contribution in [2.24, 2.45) is 0 Å². The van der Waals surface area contributed by atoms with Crippen LogP contribution >= 0.6 is 22.7 Å². The predicted octanol–water partition coefficient (Wildman–Crippen LogP) is 4.47. The fourth-order valence-corrected chi connectivity index (χ4v) is 3.12. The highest BCUT2D eigenvalue weighted by Gasteiger charge is 2.39. The Balaban J connectivity index is 1.88. The smallest absolute Gasteiger partial charge is 0.306 e. The fourth-order valence-electron chi connectivity index (χ4n) is 1.47. The minimum absolute atomic E-state index is 0.165. The summed E-state index contributed by atoms with van der Waals surface area (Å²) in [4.78, 5) is 1.94. The third-order valence-electron chi connectivity index (χ3n) is 2.44. The van der Waals surface area contributed by atoms with Crippen LogP contribution in [0.15, 0.2) is 29.0 Å². The van der Waals surface area contributed by atoms with Crippen LogP contribution in [0.3, 0.4) is 0 Å². The average Bonchev–Trinajstić information content (AvgIpc) is 2.98. The summed E-state index contributed by atoms with van der Waals surface area (Å²) < 4.78 is 49.2. The molecule has 19 heavy (non-hydrogen) atoms. The molecular formula is C12H11F4NS2. The lowest BCUT2D eigenvalue weighted by Gasteiger charge is -2.15. The van der Waals surface area contributed by atoms with Crippen molar-refractivity contribution in [3.8, 4) is 10.4 Å². The van der Waals surface area contributed by atoms with E-state index in [1.165, 1.54) is 11.3 Å². The Bertz CT molecular complexity index is 508. The summed E-state index contributed by atoms with van der Waals surface area (Å²) in [5.74, 6) is -3.98. The van der Waals surface area contributed by atoms with E-state index in [9.17, 15) is 17.6 Å². The molecule has 0 aliphatic carbocycles. The topological polar surface area (TPSA) is 12.0 Å². The highest BCUT2D eigenvalue weighted by Crippen LogP contribution is 2.29. The van der Waals surface area contributed by atoms with Crippen molar-refractivity contribution in [2.45, 2.75) is 18.9 Å². The van der Waals surface area contributed by atoms with Gasteiger partial charge in [0.2, 0.25) is 0 Å². The number of nitrogens with one attached hydrogen (secondary N) is 1. The van der Waals surface area contributed by atoms with E-state index in [1.54, 1.807) is 11.3 Å². The molecule has 0 aromatic carbocycles. The van der Waals surface area contributed by atoms with Crippen molar-refractivity contribution in [3.05, 3.63) is 33.8 Å². The van der Waals surface area contributed by atoms with E-state index in [4.69, 9.17) is 0 Å². The third kappa shape index (κ3) is 3.77. The standard InChI is InChI=1S/C12H11F4NS2/c13-11(14)12(15,16)7-17-5-9-4-8(6-19-9)10-2-1-3-18-10/h1-4,6,11,17H,5,7H2. The van der Waals surface area contributed by atoms with Gasteiger partial charge < -0.3 is 5.32 Å². The third-order valence-corrected chi connectivity index (χ3v) is 4.29. The minimum atomic E-state index is -3.98. The molecule has 7 heteroatoms. The normalized spacial score (nSPS) is 12.3. The predicted molar refractivity (Wildman–Crippen MR) is 70.3 cm³/mol. The van der Waals surface area contributed by atoms with Gasteiger partial charge in [0.1, 0.15) is 0 Å². The molecule has 0 aliphatic heterocycles. The van der Waals surface area contributed by atoms with Gasteiger partial charge in [0, 0.05) is 21.9 Å². The first-order valence-electron chi connectivity index (χ1n) is 5.47. The lowest BCUT2D eigenvalue weighted by molar-refractivity contribution is -0.125. The summed E-state index contributed by atoms with van der Waals surface area (Å²) in [6, 6.07) is 5.78. The quantitative estimate of drug-likeness (QED) is 0.777. The molecule has 0 bridgehead atoms. The summed E-state index contributed by atoms with van der Waals surface area (Å²) in [6.07, 6.45) is -3.63. The van der Waals surface area contributed by atoms with Gasteiger partial charge in [0.25, 0.3) is 0 Å². The van der Waals surface area contributed by atoms with E-state index in [0.717, 1.165) is 15.3 Å². The van der Waals surface area contributed by atoms with E-state index in [1.807, 2.05) is 29.0 Å². The van der Waals surface area contributed by atoms with E-state index < -0.39 is 18.9 Å². The van der Waals surface area contributed by atoms with Crippen LogP contribution in [0.4, 0.5) is 17.6 Å². The van der Waals surface area contributed by atoms with Crippen molar-refractivity contribution in [1.29, 1.82) is 0 Å². The molecule has 0 saturated heterocycles. The Labute approximate surface area is 115 Å². The first kappa shape index (κ1) is 14.5. The molecule has 0 unspecified atom stereocenters. The summed E-state index contributed by atoms with van der Waals surface area (Å²) in [5, 5.41) is 6.24. The molecule has 0 amide bonds. The number of hydrogen-bond donors (Lipinski definition) is 1. The Morgan fingerprint density at radius 1 is 1.26 bits per heavy atom.